The third kappa shape index (κ3) is 7.18. The van der Waals surface area contributed by atoms with Crippen molar-refractivity contribution in [1.29, 1.82) is 0 Å². The third-order valence-corrected chi connectivity index (χ3v) is 6.46. The summed E-state index contributed by atoms with van der Waals surface area (Å²) in [7, 11) is 1.65. The van der Waals surface area contributed by atoms with E-state index in [0.717, 1.165) is 11.6 Å². The van der Waals surface area contributed by atoms with Crippen LogP contribution >= 0.6 is 34.5 Å². The minimum absolute atomic E-state index is 0.00734. The number of alkyl halides is 3. The van der Waals surface area contributed by atoms with Crippen molar-refractivity contribution in [1.82, 2.24) is 20.3 Å². The molecule has 0 saturated heterocycles. The maximum absolute atomic E-state index is 13.1. The first-order chi connectivity index (χ1) is 18.0. The Morgan fingerprint density at radius 1 is 1.16 bits per heavy atom. The Balaban J connectivity index is 0.000000304. The topological polar surface area (TPSA) is 117 Å². The van der Waals surface area contributed by atoms with Gasteiger partial charge in [0.25, 0.3) is 5.91 Å². The molecule has 0 aliphatic carbocycles. The van der Waals surface area contributed by atoms with E-state index in [1.54, 1.807) is 25.5 Å². The molecule has 0 spiro atoms. The molecule has 0 saturated carbocycles. The van der Waals surface area contributed by atoms with Crippen LogP contribution in [0.25, 0.3) is 10.6 Å². The van der Waals surface area contributed by atoms with Crippen molar-refractivity contribution < 1.29 is 27.9 Å². The monoisotopic (exact) mass is 583 g/mol. The molecule has 0 bridgehead atoms. The molecule has 0 atom stereocenters. The summed E-state index contributed by atoms with van der Waals surface area (Å²) in [6.45, 7) is -0.253. The van der Waals surface area contributed by atoms with Crippen LogP contribution < -0.4 is 10.6 Å². The number of aromatic nitrogens is 3. The maximum atomic E-state index is 13.1. The van der Waals surface area contributed by atoms with Gasteiger partial charge in [0.1, 0.15) is 15.7 Å². The quantitative estimate of drug-likeness (QED) is 0.185. The molecule has 198 valence electrons. The number of halogens is 5. The molecule has 3 heterocycles. The Morgan fingerprint density at radius 3 is 2.50 bits per heavy atom. The summed E-state index contributed by atoms with van der Waals surface area (Å²) >= 11 is 12.1. The highest BCUT2D eigenvalue weighted by molar-refractivity contribution is 7.19. The summed E-state index contributed by atoms with van der Waals surface area (Å²) in [5.41, 5.74) is 0.199. The Labute approximate surface area is 228 Å². The van der Waals surface area contributed by atoms with E-state index < -0.39 is 17.6 Å². The minimum Gasteiger partial charge on any atom is -0.504 e. The number of nitrogens with one attached hydrogen (secondary N) is 2. The molecule has 4 rings (SSSR count). The Morgan fingerprint density at radius 2 is 1.89 bits per heavy atom. The number of carbonyl (C=O) groups excluding carboxylic acids is 2. The highest BCUT2D eigenvalue weighted by atomic mass is 35.5. The van der Waals surface area contributed by atoms with Gasteiger partial charge in [0, 0.05) is 31.5 Å². The number of anilines is 1. The fourth-order valence-corrected chi connectivity index (χ4v) is 4.38. The van der Waals surface area contributed by atoms with Crippen LogP contribution in [0.5, 0.6) is 5.75 Å². The molecular formula is C24H18Cl2F3N5O3S. The van der Waals surface area contributed by atoms with Crippen LogP contribution in [0.2, 0.25) is 10.2 Å². The van der Waals surface area contributed by atoms with Crippen LogP contribution in [0.15, 0.2) is 54.9 Å². The number of nitrogens with zero attached hydrogens (tertiary/aromatic N) is 3. The average Bonchev–Trinajstić information content (AvgIpc) is 3.35. The number of hydrogen-bond donors (Lipinski definition) is 3. The van der Waals surface area contributed by atoms with E-state index in [1.165, 1.54) is 35.6 Å². The lowest BCUT2D eigenvalue weighted by molar-refractivity contribution is -0.138. The van der Waals surface area contributed by atoms with E-state index in [0.29, 0.717) is 16.3 Å². The smallest absolute Gasteiger partial charge is 0.416 e. The van der Waals surface area contributed by atoms with Crippen LogP contribution in [0.4, 0.5) is 18.2 Å². The number of pyridine rings is 2. The van der Waals surface area contributed by atoms with Crippen molar-refractivity contribution in [2.24, 2.45) is 0 Å². The molecule has 8 nitrogen and oxygen atoms in total. The van der Waals surface area contributed by atoms with Gasteiger partial charge in [-0.15, -0.1) is 0 Å². The van der Waals surface area contributed by atoms with Gasteiger partial charge in [0.05, 0.1) is 10.6 Å². The number of hydrogen-bond acceptors (Lipinski definition) is 8. The number of aldehydes is 1. The Hall–Kier alpha value is -3.74. The number of amides is 1. The van der Waals surface area contributed by atoms with Gasteiger partial charge in [-0.25, -0.2) is 9.97 Å². The molecule has 4 aromatic rings. The zero-order valence-electron chi connectivity index (χ0n) is 19.4. The molecule has 0 radical (unpaired) electrons. The van der Waals surface area contributed by atoms with Crippen molar-refractivity contribution in [3.05, 3.63) is 87.5 Å². The lowest BCUT2D eigenvalue weighted by Gasteiger charge is -2.13. The normalized spacial score (nSPS) is 10.8. The van der Waals surface area contributed by atoms with Gasteiger partial charge in [-0.2, -0.15) is 13.2 Å². The van der Waals surface area contributed by atoms with E-state index in [2.05, 4.69) is 25.6 Å². The standard InChI is InChI=1S/C18H15F3N4OS.C6H3Cl2NO2/c1-22-17-14(25-16(27-17)12-6-4-8-23-9-12)15(26)24-10-11-5-2-3-7-13(11)18(19,20)21;7-4-1-3(2-10)9-6(8)5(4)11/h2-9,22H,10H2,1H3,(H,24,26);1-2,11H. The van der Waals surface area contributed by atoms with Crippen LogP contribution in [0, 0.1) is 0 Å². The van der Waals surface area contributed by atoms with Gasteiger partial charge in [-0.1, -0.05) is 52.7 Å². The first-order valence-electron chi connectivity index (χ1n) is 10.6. The fourth-order valence-electron chi connectivity index (χ4n) is 3.02. The number of carbonyl (C=O) groups is 2. The zero-order valence-corrected chi connectivity index (χ0v) is 21.7. The maximum Gasteiger partial charge on any atom is 0.416 e. The van der Waals surface area contributed by atoms with Gasteiger partial charge < -0.3 is 15.7 Å². The number of aromatic hydroxyl groups is 1. The van der Waals surface area contributed by atoms with Gasteiger partial charge in [-0.3, -0.25) is 14.6 Å². The second-order valence-electron chi connectivity index (χ2n) is 7.31. The molecule has 38 heavy (non-hydrogen) atoms. The largest absolute Gasteiger partial charge is 0.504 e. The molecule has 3 aromatic heterocycles. The molecule has 1 amide bonds. The van der Waals surface area contributed by atoms with Crippen LogP contribution in [0.3, 0.4) is 0 Å². The number of benzene rings is 1. The summed E-state index contributed by atoms with van der Waals surface area (Å²) < 4.78 is 39.2. The van der Waals surface area contributed by atoms with E-state index in [1.807, 2.05) is 6.07 Å². The molecule has 1 aromatic carbocycles. The summed E-state index contributed by atoms with van der Waals surface area (Å²) in [5, 5.41) is 15.4. The Kier molecular flexibility index (Phi) is 9.61. The second kappa shape index (κ2) is 12.7. The lowest BCUT2D eigenvalue weighted by atomic mass is 10.1. The van der Waals surface area contributed by atoms with E-state index >= 15 is 0 Å². The first-order valence-corrected chi connectivity index (χ1v) is 12.1. The SMILES string of the molecule is CNc1sc(-c2cccnc2)nc1C(=O)NCc1ccccc1C(F)(F)F.O=Cc1cc(Cl)c(O)c(Cl)n1. The van der Waals surface area contributed by atoms with Crippen molar-refractivity contribution in [2.75, 3.05) is 12.4 Å². The molecule has 0 fully saturated rings. The molecule has 0 unspecified atom stereocenters. The summed E-state index contributed by atoms with van der Waals surface area (Å²) in [5.74, 6) is -0.860. The van der Waals surface area contributed by atoms with Gasteiger partial charge >= 0.3 is 6.18 Å². The van der Waals surface area contributed by atoms with Crippen molar-refractivity contribution in [3.8, 4) is 16.3 Å². The number of rotatable bonds is 6. The number of thiazole rings is 1. The van der Waals surface area contributed by atoms with Gasteiger partial charge in [0.15, 0.2) is 22.9 Å². The molecule has 14 heteroatoms. The van der Waals surface area contributed by atoms with E-state index in [-0.39, 0.29) is 39.4 Å². The zero-order chi connectivity index (χ0) is 27.9. The predicted molar refractivity (Wildman–Crippen MR) is 139 cm³/mol. The summed E-state index contributed by atoms with van der Waals surface area (Å²) in [6.07, 6.45) is -0.732. The molecular weight excluding hydrogens is 566 g/mol. The third-order valence-electron chi connectivity index (χ3n) is 4.78. The second-order valence-corrected chi connectivity index (χ2v) is 9.08. The van der Waals surface area contributed by atoms with Crippen molar-refractivity contribution >= 4 is 51.7 Å². The summed E-state index contributed by atoms with van der Waals surface area (Å²) in [6, 6.07) is 9.94. The highest BCUT2D eigenvalue weighted by Crippen LogP contribution is 2.33. The van der Waals surface area contributed by atoms with Crippen LogP contribution in [0.1, 0.15) is 32.1 Å². The fraction of sp³-hybridized carbons (Fsp3) is 0.125. The van der Waals surface area contributed by atoms with Gasteiger partial charge in [-0.05, 0) is 29.8 Å². The van der Waals surface area contributed by atoms with Crippen LogP contribution in [-0.2, 0) is 12.7 Å². The molecule has 0 aliphatic rings. The van der Waals surface area contributed by atoms with Crippen LogP contribution in [-0.4, -0.2) is 39.3 Å². The Bertz CT molecular complexity index is 1410. The first kappa shape index (κ1) is 28.8. The minimum atomic E-state index is -4.48. The van der Waals surface area contributed by atoms with Crippen molar-refractivity contribution in [2.45, 2.75) is 12.7 Å². The van der Waals surface area contributed by atoms with E-state index in [9.17, 15) is 22.8 Å². The highest BCUT2D eigenvalue weighted by Gasteiger charge is 2.33. The average molecular weight is 584 g/mol. The lowest BCUT2D eigenvalue weighted by Crippen LogP contribution is -2.25. The predicted octanol–water partition coefficient (Wildman–Crippen LogP) is 6.10. The van der Waals surface area contributed by atoms with Gasteiger partial charge in [0.2, 0.25) is 0 Å². The summed E-state index contributed by atoms with van der Waals surface area (Å²) in [4.78, 5) is 34.5. The molecule has 0 aliphatic heterocycles. The van der Waals surface area contributed by atoms with Crippen molar-refractivity contribution in [3.63, 3.8) is 0 Å². The molecule has 3 N–H and O–H groups in total. The van der Waals surface area contributed by atoms with E-state index in [4.69, 9.17) is 28.3 Å².